The Morgan fingerprint density at radius 1 is 1.19 bits per heavy atom. The molecule has 0 aromatic carbocycles. The number of halogens is 2. The van der Waals surface area contributed by atoms with E-state index in [1.54, 1.807) is 23.7 Å². The lowest BCUT2D eigenvalue weighted by Crippen LogP contribution is -2.49. The summed E-state index contributed by atoms with van der Waals surface area (Å²) >= 11 is 1.58. The summed E-state index contributed by atoms with van der Waals surface area (Å²) in [5.41, 5.74) is 8.32. The zero-order valence-electron chi connectivity index (χ0n) is 15.0. The number of rotatable bonds is 4. The van der Waals surface area contributed by atoms with Gasteiger partial charge in [-0.1, -0.05) is 6.42 Å². The lowest BCUT2D eigenvalue weighted by atomic mass is 9.65. The molecule has 2 bridgehead atoms. The molecule has 27 heavy (non-hydrogen) atoms. The average molecular weight is 429 g/mol. The maximum Gasteiger partial charge on any atom is 0.223 e. The molecule has 2 unspecified atom stereocenters. The van der Waals surface area contributed by atoms with E-state index < -0.39 is 0 Å². The smallest absolute Gasteiger partial charge is 0.223 e. The highest BCUT2D eigenvalue weighted by Crippen LogP contribution is 2.41. The minimum atomic E-state index is 0. The topological polar surface area (TPSA) is 80.9 Å². The van der Waals surface area contributed by atoms with Gasteiger partial charge in [-0.05, 0) is 49.7 Å². The number of nitrogens with one attached hydrogen (secondary N) is 1. The minimum Gasteiger partial charge on any atom is -0.349 e. The SMILES string of the molecule is Cl.Cl.NC1C2CCCC1CC(C(=O)NCc1nc(-c3ccncc3)cs1)C2. The third-order valence-electron chi connectivity index (χ3n) is 5.73. The zero-order valence-corrected chi connectivity index (χ0v) is 17.5. The maximum atomic E-state index is 12.6. The number of carbonyl (C=O) groups excluding carboxylic acids is 1. The van der Waals surface area contributed by atoms with Crippen LogP contribution < -0.4 is 11.1 Å². The molecule has 2 fully saturated rings. The van der Waals surface area contributed by atoms with E-state index in [0.29, 0.717) is 24.4 Å². The Bertz CT molecular complexity index is 728. The molecule has 0 saturated heterocycles. The fraction of sp³-hybridized carbons (Fsp3) is 0.526. The first-order valence-corrected chi connectivity index (χ1v) is 9.97. The fourth-order valence-corrected chi connectivity index (χ4v) is 5.10. The van der Waals surface area contributed by atoms with E-state index in [0.717, 1.165) is 29.1 Å². The number of hydrogen-bond donors (Lipinski definition) is 2. The van der Waals surface area contributed by atoms with Crippen molar-refractivity contribution in [3.8, 4) is 11.3 Å². The molecule has 2 atom stereocenters. The number of amides is 1. The van der Waals surface area contributed by atoms with Crippen LogP contribution in [0.3, 0.4) is 0 Å². The molecule has 2 heterocycles. The highest BCUT2D eigenvalue weighted by molar-refractivity contribution is 7.09. The van der Waals surface area contributed by atoms with Crippen LogP contribution in [-0.2, 0) is 11.3 Å². The second kappa shape index (κ2) is 9.82. The summed E-state index contributed by atoms with van der Waals surface area (Å²) in [6, 6.07) is 4.20. The third-order valence-corrected chi connectivity index (χ3v) is 6.57. The number of pyridine rings is 1. The average Bonchev–Trinajstić information content (AvgIpc) is 3.09. The molecule has 2 aliphatic rings. The van der Waals surface area contributed by atoms with E-state index in [2.05, 4.69) is 15.3 Å². The van der Waals surface area contributed by atoms with E-state index in [9.17, 15) is 4.79 Å². The summed E-state index contributed by atoms with van der Waals surface area (Å²) in [4.78, 5) is 21.3. The van der Waals surface area contributed by atoms with Crippen LogP contribution in [-0.4, -0.2) is 21.9 Å². The number of carbonyl (C=O) groups is 1. The molecule has 0 radical (unpaired) electrons. The van der Waals surface area contributed by atoms with Gasteiger partial charge in [-0.3, -0.25) is 9.78 Å². The van der Waals surface area contributed by atoms with Gasteiger partial charge in [-0.2, -0.15) is 0 Å². The largest absolute Gasteiger partial charge is 0.349 e. The van der Waals surface area contributed by atoms with Gasteiger partial charge in [0.15, 0.2) is 0 Å². The Hall–Kier alpha value is -1.21. The number of aromatic nitrogens is 2. The molecular weight excluding hydrogens is 403 g/mol. The van der Waals surface area contributed by atoms with E-state index in [1.165, 1.54) is 19.3 Å². The first-order valence-electron chi connectivity index (χ1n) is 9.09. The monoisotopic (exact) mass is 428 g/mol. The molecule has 1 amide bonds. The van der Waals surface area contributed by atoms with Gasteiger partial charge in [0.1, 0.15) is 5.01 Å². The van der Waals surface area contributed by atoms with Gasteiger partial charge in [-0.15, -0.1) is 36.2 Å². The molecular formula is C19H26Cl2N4OS. The van der Waals surface area contributed by atoms with Crippen molar-refractivity contribution in [1.29, 1.82) is 0 Å². The summed E-state index contributed by atoms with van der Waals surface area (Å²) in [6.45, 7) is 0.506. The van der Waals surface area contributed by atoms with E-state index >= 15 is 0 Å². The first-order chi connectivity index (χ1) is 12.2. The van der Waals surface area contributed by atoms with Crippen LogP contribution in [0.25, 0.3) is 11.3 Å². The molecule has 8 heteroatoms. The molecule has 4 rings (SSSR count). The highest BCUT2D eigenvalue weighted by atomic mass is 35.5. The van der Waals surface area contributed by atoms with Gasteiger partial charge in [0.2, 0.25) is 5.91 Å². The molecule has 0 spiro atoms. The van der Waals surface area contributed by atoms with Gasteiger partial charge in [0.25, 0.3) is 0 Å². The van der Waals surface area contributed by atoms with E-state index in [4.69, 9.17) is 5.73 Å². The van der Waals surface area contributed by atoms with E-state index in [-0.39, 0.29) is 36.6 Å². The van der Waals surface area contributed by atoms with Crippen LogP contribution in [0.4, 0.5) is 0 Å². The van der Waals surface area contributed by atoms with Crippen molar-refractivity contribution in [1.82, 2.24) is 15.3 Å². The first kappa shape index (κ1) is 22.1. The molecule has 0 aliphatic heterocycles. The lowest BCUT2D eigenvalue weighted by Gasteiger charge is -2.43. The molecule has 5 nitrogen and oxygen atoms in total. The fourth-order valence-electron chi connectivity index (χ4n) is 4.36. The molecule has 3 N–H and O–H groups in total. The van der Waals surface area contributed by atoms with E-state index in [1.807, 2.05) is 17.5 Å². The van der Waals surface area contributed by atoms with Crippen molar-refractivity contribution in [3.05, 3.63) is 34.9 Å². The number of nitrogens with two attached hydrogens (primary N) is 1. The van der Waals surface area contributed by atoms with Crippen molar-refractivity contribution < 1.29 is 4.79 Å². The van der Waals surface area contributed by atoms with Crippen molar-refractivity contribution in [2.24, 2.45) is 23.5 Å². The Morgan fingerprint density at radius 3 is 2.52 bits per heavy atom. The number of hydrogen-bond acceptors (Lipinski definition) is 5. The summed E-state index contributed by atoms with van der Waals surface area (Å²) in [6.07, 6.45) is 9.07. The summed E-state index contributed by atoms with van der Waals surface area (Å²) in [5.74, 6) is 1.35. The van der Waals surface area contributed by atoms with Crippen LogP contribution >= 0.6 is 36.2 Å². The highest BCUT2D eigenvalue weighted by Gasteiger charge is 2.40. The van der Waals surface area contributed by atoms with Gasteiger partial charge < -0.3 is 11.1 Å². The van der Waals surface area contributed by atoms with Crippen molar-refractivity contribution >= 4 is 42.1 Å². The Kier molecular flexibility index (Phi) is 8.04. The molecule has 2 aliphatic carbocycles. The summed E-state index contributed by atoms with van der Waals surface area (Å²) in [7, 11) is 0. The van der Waals surface area contributed by atoms with Crippen LogP contribution in [0.15, 0.2) is 29.9 Å². The van der Waals surface area contributed by atoms with Crippen LogP contribution in [0, 0.1) is 17.8 Å². The minimum absolute atomic E-state index is 0. The predicted octanol–water partition coefficient (Wildman–Crippen LogP) is 3.82. The second-order valence-corrected chi connectivity index (χ2v) is 8.22. The quantitative estimate of drug-likeness (QED) is 0.775. The van der Waals surface area contributed by atoms with Gasteiger partial charge >= 0.3 is 0 Å². The zero-order chi connectivity index (χ0) is 17.2. The normalized spacial score (nSPS) is 26.4. The molecule has 2 saturated carbocycles. The summed E-state index contributed by atoms with van der Waals surface area (Å²) in [5, 5.41) is 6.06. The second-order valence-electron chi connectivity index (χ2n) is 7.28. The van der Waals surface area contributed by atoms with Crippen molar-refractivity contribution in [3.63, 3.8) is 0 Å². The van der Waals surface area contributed by atoms with Crippen LogP contribution in [0.2, 0.25) is 0 Å². The Morgan fingerprint density at radius 2 is 1.85 bits per heavy atom. The Labute approximate surface area is 176 Å². The number of thiazole rings is 1. The maximum absolute atomic E-state index is 12.6. The van der Waals surface area contributed by atoms with Crippen molar-refractivity contribution in [2.75, 3.05) is 0 Å². The Balaban J connectivity index is 0.00000131. The lowest BCUT2D eigenvalue weighted by molar-refractivity contribution is -0.128. The van der Waals surface area contributed by atoms with Crippen LogP contribution in [0.1, 0.15) is 37.1 Å². The molecule has 148 valence electrons. The third kappa shape index (κ3) is 4.99. The van der Waals surface area contributed by atoms with Gasteiger partial charge in [-0.25, -0.2) is 4.98 Å². The molecule has 2 aromatic rings. The van der Waals surface area contributed by atoms with Crippen LogP contribution in [0.5, 0.6) is 0 Å². The number of nitrogens with zero attached hydrogens (tertiary/aromatic N) is 2. The molecule has 2 aromatic heterocycles. The standard InChI is InChI=1S/C19H24N4OS.2ClH/c20-18-13-2-1-3-14(18)9-15(8-13)19(24)22-10-17-23-16(11-25-17)12-4-6-21-7-5-12;;/h4-7,11,13-15,18H,1-3,8-10,20H2,(H,22,24);2*1H. The van der Waals surface area contributed by atoms with Crippen molar-refractivity contribution in [2.45, 2.75) is 44.7 Å². The predicted molar refractivity (Wildman–Crippen MR) is 113 cm³/mol. The van der Waals surface area contributed by atoms with Gasteiger partial charge in [0, 0.05) is 35.3 Å². The number of fused-ring (bicyclic) bond motifs is 2. The van der Waals surface area contributed by atoms with Gasteiger partial charge in [0.05, 0.1) is 12.2 Å². The summed E-state index contributed by atoms with van der Waals surface area (Å²) < 4.78 is 0.